The molecule has 0 radical (unpaired) electrons. The van der Waals surface area contributed by atoms with Crippen LogP contribution < -0.4 is 0 Å². The van der Waals surface area contributed by atoms with E-state index in [4.69, 9.17) is 0 Å². The molecule has 0 spiro atoms. The maximum absolute atomic E-state index is 11.7. The van der Waals surface area contributed by atoms with Crippen molar-refractivity contribution in [2.24, 2.45) is 11.3 Å². The largest absolute Gasteiger partial charge is 0.336 e. The monoisotopic (exact) mass is 187 g/mol. The smallest absolute Gasteiger partial charge is 0.226 e. The van der Waals surface area contributed by atoms with Crippen LogP contribution in [0, 0.1) is 11.3 Å². The van der Waals surface area contributed by atoms with Crippen LogP contribution in [0.1, 0.15) is 20.8 Å². The Kier molecular flexibility index (Phi) is 2.71. The van der Waals surface area contributed by atoms with Crippen LogP contribution in [0.5, 0.6) is 0 Å². The molecule has 12 heavy (non-hydrogen) atoms. The molecule has 1 aliphatic heterocycles. The van der Waals surface area contributed by atoms with Crippen LogP contribution in [-0.2, 0) is 4.79 Å². The van der Waals surface area contributed by atoms with Crippen molar-refractivity contribution in [1.82, 2.24) is 4.90 Å². The number of carbonyl (C=O) groups is 1. The van der Waals surface area contributed by atoms with E-state index >= 15 is 0 Å². The van der Waals surface area contributed by atoms with Crippen molar-refractivity contribution in [1.29, 1.82) is 0 Å². The van der Waals surface area contributed by atoms with Crippen molar-refractivity contribution in [3.63, 3.8) is 0 Å². The topological polar surface area (TPSA) is 20.3 Å². The molecule has 3 heteroatoms. The molecule has 0 aromatic carbocycles. The first kappa shape index (κ1) is 9.90. The number of rotatable bonds is 0. The van der Waals surface area contributed by atoms with Gasteiger partial charge in [-0.1, -0.05) is 20.8 Å². The predicted molar refractivity (Wildman–Crippen MR) is 53.0 cm³/mol. The summed E-state index contributed by atoms with van der Waals surface area (Å²) < 4.78 is 0. The second kappa shape index (κ2) is 3.29. The van der Waals surface area contributed by atoms with Gasteiger partial charge in [-0.05, 0) is 5.41 Å². The molecule has 1 heterocycles. The molecule has 0 aromatic rings. The number of nitrogens with zero attached hydrogens (tertiary/aromatic N) is 1. The Morgan fingerprint density at radius 2 is 2.17 bits per heavy atom. The Balaban J connectivity index is 2.81. The summed E-state index contributed by atoms with van der Waals surface area (Å²) in [5.74, 6) is 2.35. The van der Waals surface area contributed by atoms with Crippen LogP contribution in [0.3, 0.4) is 0 Å². The predicted octanol–water partition coefficient (Wildman–Crippen LogP) is 1.81. The van der Waals surface area contributed by atoms with Gasteiger partial charge in [0.15, 0.2) is 0 Å². The Labute approximate surface area is 78.7 Å². The van der Waals surface area contributed by atoms with Gasteiger partial charge in [0.1, 0.15) is 0 Å². The molecule has 1 atom stereocenters. The fourth-order valence-corrected chi connectivity index (χ4v) is 2.57. The van der Waals surface area contributed by atoms with E-state index in [1.54, 1.807) is 0 Å². The first-order valence-corrected chi connectivity index (χ1v) is 5.43. The lowest BCUT2D eigenvalue weighted by molar-refractivity contribution is -0.135. The fourth-order valence-electron chi connectivity index (χ4n) is 1.30. The van der Waals surface area contributed by atoms with Gasteiger partial charge in [0.05, 0.1) is 5.88 Å². The lowest BCUT2D eigenvalue weighted by Gasteiger charge is -2.28. The average molecular weight is 187 g/mol. The zero-order valence-electron chi connectivity index (χ0n) is 8.26. The van der Waals surface area contributed by atoms with Gasteiger partial charge < -0.3 is 4.90 Å². The molecule has 0 saturated carbocycles. The number of hydrogen-bond acceptors (Lipinski definition) is 2. The zero-order valence-corrected chi connectivity index (χ0v) is 9.07. The second-order valence-corrected chi connectivity index (χ2v) is 5.18. The average Bonchev–Trinajstić information content (AvgIpc) is 2.06. The quantitative estimate of drug-likeness (QED) is 0.576. The molecule has 70 valence electrons. The highest BCUT2D eigenvalue weighted by Crippen LogP contribution is 2.34. The molecular weight excluding hydrogens is 170 g/mol. The van der Waals surface area contributed by atoms with Gasteiger partial charge in [0, 0.05) is 18.7 Å². The highest BCUT2D eigenvalue weighted by molar-refractivity contribution is 7.99. The van der Waals surface area contributed by atoms with Crippen molar-refractivity contribution in [2.75, 3.05) is 18.7 Å². The summed E-state index contributed by atoms with van der Waals surface area (Å²) in [6.45, 7) is 6.37. The van der Waals surface area contributed by atoms with Crippen LogP contribution >= 0.6 is 11.8 Å². The lowest BCUT2D eigenvalue weighted by atomic mass is 9.81. The van der Waals surface area contributed by atoms with Gasteiger partial charge >= 0.3 is 0 Å². The molecule has 1 aliphatic rings. The Morgan fingerprint density at radius 1 is 1.58 bits per heavy atom. The van der Waals surface area contributed by atoms with Crippen LogP contribution in [0.25, 0.3) is 0 Å². The molecule has 0 bridgehead atoms. The molecule has 0 aromatic heterocycles. The first-order chi connectivity index (χ1) is 5.45. The van der Waals surface area contributed by atoms with Crippen LogP contribution in [0.15, 0.2) is 0 Å². The third-order valence-electron chi connectivity index (χ3n) is 2.68. The molecule has 1 saturated heterocycles. The van der Waals surface area contributed by atoms with Crippen molar-refractivity contribution in [2.45, 2.75) is 20.8 Å². The Bertz CT molecular complexity index is 191. The molecule has 1 unspecified atom stereocenters. The van der Waals surface area contributed by atoms with E-state index in [-0.39, 0.29) is 17.2 Å². The summed E-state index contributed by atoms with van der Waals surface area (Å²) in [7, 11) is 1.88. The number of hydrogen-bond donors (Lipinski definition) is 0. The molecule has 1 amide bonds. The van der Waals surface area contributed by atoms with Gasteiger partial charge in [-0.15, -0.1) is 11.8 Å². The zero-order chi connectivity index (χ0) is 9.35. The maximum Gasteiger partial charge on any atom is 0.226 e. The van der Waals surface area contributed by atoms with Crippen molar-refractivity contribution in [3.8, 4) is 0 Å². The highest BCUT2D eigenvalue weighted by atomic mass is 32.2. The minimum absolute atomic E-state index is 0.145. The summed E-state index contributed by atoms with van der Waals surface area (Å²) in [5.41, 5.74) is 0.145. The third-order valence-corrected chi connectivity index (χ3v) is 4.20. The summed E-state index contributed by atoms with van der Waals surface area (Å²) in [4.78, 5) is 13.5. The van der Waals surface area contributed by atoms with E-state index in [1.807, 2.05) is 30.6 Å². The van der Waals surface area contributed by atoms with Gasteiger partial charge in [-0.25, -0.2) is 0 Å². The number of carbonyl (C=O) groups excluding carboxylic acids is 1. The Morgan fingerprint density at radius 3 is 2.75 bits per heavy atom. The van der Waals surface area contributed by atoms with Crippen molar-refractivity contribution < 1.29 is 4.79 Å². The molecule has 0 aliphatic carbocycles. The van der Waals surface area contributed by atoms with E-state index in [2.05, 4.69) is 13.8 Å². The molecule has 1 fully saturated rings. The van der Waals surface area contributed by atoms with E-state index in [1.165, 1.54) is 0 Å². The standard InChI is InChI=1S/C9H17NOS/c1-7-8(11)10(4)6-12-5-9(7,2)3/h7H,5-6H2,1-4H3. The van der Waals surface area contributed by atoms with Crippen LogP contribution in [0.2, 0.25) is 0 Å². The number of amides is 1. The Hall–Kier alpha value is -0.180. The van der Waals surface area contributed by atoms with Gasteiger partial charge in [0.25, 0.3) is 0 Å². The number of thioether (sulfide) groups is 1. The lowest BCUT2D eigenvalue weighted by Crippen LogP contribution is -2.36. The third kappa shape index (κ3) is 1.76. The van der Waals surface area contributed by atoms with E-state index < -0.39 is 0 Å². The van der Waals surface area contributed by atoms with Crippen molar-refractivity contribution >= 4 is 17.7 Å². The van der Waals surface area contributed by atoms with E-state index in [9.17, 15) is 4.79 Å². The minimum atomic E-state index is 0.145. The summed E-state index contributed by atoms with van der Waals surface area (Å²) in [6, 6.07) is 0. The van der Waals surface area contributed by atoms with E-state index in [0.717, 1.165) is 11.6 Å². The normalized spacial score (nSPS) is 30.2. The summed E-state index contributed by atoms with van der Waals surface area (Å²) >= 11 is 1.84. The maximum atomic E-state index is 11.7. The van der Waals surface area contributed by atoms with Crippen molar-refractivity contribution in [3.05, 3.63) is 0 Å². The van der Waals surface area contributed by atoms with Gasteiger partial charge in [0.2, 0.25) is 5.91 Å². The summed E-state index contributed by atoms with van der Waals surface area (Å²) in [6.07, 6.45) is 0. The molecule has 0 N–H and O–H groups in total. The van der Waals surface area contributed by atoms with Crippen LogP contribution in [0.4, 0.5) is 0 Å². The van der Waals surface area contributed by atoms with Crippen LogP contribution in [-0.4, -0.2) is 29.5 Å². The highest BCUT2D eigenvalue weighted by Gasteiger charge is 2.35. The molecule has 1 rings (SSSR count). The minimum Gasteiger partial charge on any atom is -0.336 e. The first-order valence-electron chi connectivity index (χ1n) is 4.28. The van der Waals surface area contributed by atoms with Gasteiger partial charge in [-0.2, -0.15) is 0 Å². The second-order valence-electron chi connectivity index (χ2n) is 4.22. The fraction of sp³-hybridized carbons (Fsp3) is 0.889. The SMILES string of the molecule is CC1C(=O)N(C)CSCC1(C)C. The molecule has 2 nitrogen and oxygen atoms in total. The summed E-state index contributed by atoms with van der Waals surface area (Å²) in [5, 5.41) is 0. The molecular formula is C9H17NOS. The van der Waals surface area contributed by atoms with E-state index in [0.29, 0.717) is 0 Å². The van der Waals surface area contributed by atoms with Gasteiger partial charge in [-0.3, -0.25) is 4.79 Å².